The van der Waals surface area contributed by atoms with Crippen molar-refractivity contribution in [2.45, 2.75) is 13.0 Å². The topological polar surface area (TPSA) is 24.5 Å². The van der Waals surface area contributed by atoms with Gasteiger partial charge in [-0.15, -0.1) is 12.4 Å². The van der Waals surface area contributed by atoms with E-state index in [4.69, 9.17) is 4.74 Å². The molecule has 0 aliphatic carbocycles. The number of rotatable bonds is 5. The van der Waals surface area contributed by atoms with Crippen molar-refractivity contribution in [3.05, 3.63) is 29.8 Å². The van der Waals surface area contributed by atoms with Crippen molar-refractivity contribution in [1.29, 1.82) is 0 Å². The minimum absolute atomic E-state index is 0. The van der Waals surface area contributed by atoms with Gasteiger partial charge in [0.2, 0.25) is 0 Å². The maximum absolute atomic E-state index is 5.25. The number of methoxy groups -OCH3 is 1. The Kier molecular flexibility index (Phi) is 6.47. The van der Waals surface area contributed by atoms with Crippen LogP contribution in [0.5, 0.6) is 5.75 Å². The number of hydrogen-bond donors (Lipinski definition) is 1. The Hall–Kier alpha value is -0.770. The number of halogens is 1. The third-order valence-corrected chi connectivity index (χ3v) is 3.40. The summed E-state index contributed by atoms with van der Waals surface area (Å²) in [5, 5.41) is 3.27. The van der Waals surface area contributed by atoms with E-state index < -0.39 is 0 Å². The summed E-state index contributed by atoms with van der Waals surface area (Å²) in [6.07, 6.45) is 1.31. The van der Waals surface area contributed by atoms with Crippen molar-refractivity contribution in [2.24, 2.45) is 5.92 Å². The van der Waals surface area contributed by atoms with Gasteiger partial charge < -0.3 is 10.1 Å². The predicted molar refractivity (Wildman–Crippen MR) is 77.6 cm³/mol. The van der Waals surface area contributed by atoms with E-state index in [1.54, 1.807) is 7.11 Å². The van der Waals surface area contributed by atoms with Crippen molar-refractivity contribution < 1.29 is 4.74 Å². The summed E-state index contributed by atoms with van der Waals surface area (Å²) in [5.41, 5.74) is 1.34. The highest BCUT2D eigenvalue weighted by Crippen LogP contribution is 2.20. The van der Waals surface area contributed by atoms with Gasteiger partial charge in [0.1, 0.15) is 5.75 Å². The molecule has 0 amide bonds. The summed E-state index contributed by atoms with van der Waals surface area (Å²) in [6, 6.07) is 8.37. The fraction of sp³-hybridized carbons (Fsp3) is 0.571. The molecule has 1 unspecified atom stereocenters. The Labute approximate surface area is 116 Å². The molecule has 2 rings (SSSR count). The zero-order chi connectivity index (χ0) is 12.1. The van der Waals surface area contributed by atoms with Gasteiger partial charge in [0.25, 0.3) is 0 Å². The van der Waals surface area contributed by atoms with Crippen LogP contribution in [0.25, 0.3) is 0 Å². The second-order valence-corrected chi connectivity index (χ2v) is 4.80. The fourth-order valence-corrected chi connectivity index (χ4v) is 2.54. The van der Waals surface area contributed by atoms with Crippen LogP contribution in [0, 0.1) is 5.92 Å². The molecule has 18 heavy (non-hydrogen) atoms. The van der Waals surface area contributed by atoms with Crippen molar-refractivity contribution in [3.8, 4) is 5.75 Å². The number of benzene rings is 1. The molecule has 102 valence electrons. The van der Waals surface area contributed by atoms with Gasteiger partial charge in [-0.3, -0.25) is 4.90 Å². The molecule has 1 aromatic carbocycles. The van der Waals surface area contributed by atoms with Gasteiger partial charge in [0, 0.05) is 13.1 Å². The van der Waals surface area contributed by atoms with E-state index in [0.717, 1.165) is 24.8 Å². The second kappa shape index (κ2) is 7.62. The first kappa shape index (κ1) is 15.3. The molecule has 1 heterocycles. The molecule has 1 aliphatic heterocycles. The van der Waals surface area contributed by atoms with Crippen molar-refractivity contribution in [1.82, 2.24) is 10.2 Å². The highest BCUT2D eigenvalue weighted by atomic mass is 35.5. The maximum atomic E-state index is 5.25. The Morgan fingerprint density at radius 3 is 3.00 bits per heavy atom. The molecule has 3 nitrogen and oxygen atoms in total. The lowest BCUT2D eigenvalue weighted by Gasteiger charge is -2.16. The van der Waals surface area contributed by atoms with E-state index in [9.17, 15) is 0 Å². The van der Waals surface area contributed by atoms with Crippen LogP contribution in [0.2, 0.25) is 0 Å². The molecule has 1 saturated heterocycles. The Balaban J connectivity index is 0.00000162. The molecule has 1 aliphatic rings. The van der Waals surface area contributed by atoms with Gasteiger partial charge in [-0.2, -0.15) is 0 Å². The highest BCUT2D eigenvalue weighted by Gasteiger charge is 2.21. The summed E-state index contributed by atoms with van der Waals surface area (Å²) >= 11 is 0. The molecular weight excluding hydrogens is 248 g/mol. The van der Waals surface area contributed by atoms with Crippen LogP contribution in [-0.2, 0) is 6.54 Å². The number of ether oxygens (including phenoxy) is 1. The van der Waals surface area contributed by atoms with E-state index in [0.29, 0.717) is 0 Å². The largest absolute Gasteiger partial charge is 0.497 e. The molecule has 4 heteroatoms. The molecule has 1 fully saturated rings. The van der Waals surface area contributed by atoms with E-state index in [1.165, 1.54) is 25.1 Å². The first-order valence-electron chi connectivity index (χ1n) is 6.31. The van der Waals surface area contributed by atoms with E-state index in [-0.39, 0.29) is 12.4 Å². The Bertz CT molecular complexity index is 359. The van der Waals surface area contributed by atoms with Crippen LogP contribution in [0.3, 0.4) is 0 Å². The van der Waals surface area contributed by atoms with Crippen LogP contribution in [0.1, 0.15) is 12.0 Å². The minimum Gasteiger partial charge on any atom is -0.497 e. The summed E-state index contributed by atoms with van der Waals surface area (Å²) in [4.78, 5) is 2.52. The number of hydrogen-bond acceptors (Lipinski definition) is 3. The molecule has 0 radical (unpaired) electrons. The van der Waals surface area contributed by atoms with Gasteiger partial charge in [-0.05, 0) is 50.2 Å². The Morgan fingerprint density at radius 1 is 1.44 bits per heavy atom. The number of likely N-dealkylation sites (tertiary alicyclic amines) is 1. The van der Waals surface area contributed by atoms with Crippen molar-refractivity contribution in [2.75, 3.05) is 33.8 Å². The molecule has 0 saturated carbocycles. The molecule has 0 bridgehead atoms. The average molecular weight is 271 g/mol. The zero-order valence-corrected chi connectivity index (χ0v) is 12.0. The SMILES string of the molecule is CNCC1CCN(Cc2cccc(OC)c2)C1.Cl. The summed E-state index contributed by atoms with van der Waals surface area (Å²) in [6.45, 7) is 4.59. The average Bonchev–Trinajstić information content (AvgIpc) is 2.77. The van der Waals surface area contributed by atoms with E-state index in [2.05, 4.69) is 28.4 Å². The molecule has 0 spiro atoms. The second-order valence-electron chi connectivity index (χ2n) is 4.80. The normalized spacial score (nSPS) is 19.6. The lowest BCUT2D eigenvalue weighted by molar-refractivity contribution is 0.314. The third-order valence-electron chi connectivity index (χ3n) is 3.40. The molecule has 0 aromatic heterocycles. The molecule has 1 N–H and O–H groups in total. The third kappa shape index (κ3) is 4.16. The van der Waals surface area contributed by atoms with E-state index in [1.807, 2.05) is 13.1 Å². The summed E-state index contributed by atoms with van der Waals surface area (Å²) in [5.74, 6) is 1.76. The lowest BCUT2D eigenvalue weighted by Crippen LogP contribution is -2.24. The standard InChI is InChI=1S/C14H22N2O.ClH/c1-15-9-13-6-7-16(11-13)10-12-4-3-5-14(8-12)17-2;/h3-5,8,13,15H,6-7,9-11H2,1-2H3;1H. The monoisotopic (exact) mass is 270 g/mol. The quantitative estimate of drug-likeness (QED) is 0.887. The first-order chi connectivity index (χ1) is 8.31. The Morgan fingerprint density at radius 2 is 2.28 bits per heavy atom. The van der Waals surface area contributed by atoms with Gasteiger partial charge in [-0.1, -0.05) is 12.1 Å². The maximum Gasteiger partial charge on any atom is 0.119 e. The van der Waals surface area contributed by atoms with Gasteiger partial charge in [0.05, 0.1) is 7.11 Å². The molecule has 1 atom stereocenters. The molecular formula is C14H23ClN2O. The van der Waals surface area contributed by atoms with Crippen LogP contribution < -0.4 is 10.1 Å². The van der Waals surface area contributed by atoms with Crippen molar-refractivity contribution >= 4 is 12.4 Å². The minimum atomic E-state index is 0. The van der Waals surface area contributed by atoms with E-state index >= 15 is 0 Å². The number of nitrogens with zero attached hydrogens (tertiary/aromatic N) is 1. The summed E-state index contributed by atoms with van der Waals surface area (Å²) in [7, 11) is 3.75. The first-order valence-corrected chi connectivity index (χ1v) is 6.31. The smallest absolute Gasteiger partial charge is 0.119 e. The van der Waals surface area contributed by atoms with Crippen molar-refractivity contribution in [3.63, 3.8) is 0 Å². The predicted octanol–water partition coefficient (Wildman–Crippen LogP) is 2.16. The summed E-state index contributed by atoms with van der Waals surface area (Å²) < 4.78 is 5.25. The lowest BCUT2D eigenvalue weighted by atomic mass is 10.1. The van der Waals surface area contributed by atoms with Gasteiger partial charge in [0.15, 0.2) is 0 Å². The zero-order valence-electron chi connectivity index (χ0n) is 11.2. The van der Waals surface area contributed by atoms with Crippen LogP contribution in [0.4, 0.5) is 0 Å². The van der Waals surface area contributed by atoms with Gasteiger partial charge in [-0.25, -0.2) is 0 Å². The molecule has 1 aromatic rings. The number of nitrogens with one attached hydrogen (secondary N) is 1. The van der Waals surface area contributed by atoms with Gasteiger partial charge >= 0.3 is 0 Å². The fourth-order valence-electron chi connectivity index (χ4n) is 2.54. The highest BCUT2D eigenvalue weighted by molar-refractivity contribution is 5.85. The van der Waals surface area contributed by atoms with Crippen LogP contribution >= 0.6 is 12.4 Å². The van der Waals surface area contributed by atoms with Crippen LogP contribution in [0.15, 0.2) is 24.3 Å². The van der Waals surface area contributed by atoms with Crippen LogP contribution in [-0.4, -0.2) is 38.7 Å².